The maximum atomic E-state index is 13.0. The maximum absolute atomic E-state index is 13.0. The molecule has 0 heterocycles. The van der Waals surface area contributed by atoms with Crippen molar-refractivity contribution in [2.75, 3.05) is 39.6 Å². The first-order chi connectivity index (χ1) is 43.7. The van der Waals surface area contributed by atoms with E-state index >= 15 is 0 Å². The van der Waals surface area contributed by atoms with Gasteiger partial charge in [-0.05, 0) is 69.1 Å². The van der Waals surface area contributed by atoms with E-state index in [1.165, 1.54) is 128 Å². The molecular weight excluding hydrogens is 1200 g/mol. The molecule has 17 nitrogen and oxygen atoms in total. The number of ether oxygens (including phenoxy) is 4. The largest absolute Gasteiger partial charge is 0.472 e. The fourth-order valence-electron chi connectivity index (χ4n) is 10.4. The SMILES string of the molecule is CCCCCC/C=C\C=C/CCCCCCCC(=O)O[C@H](COC(=O)CCCCCCCCC(C)C)COP(=O)(O)OC[C@H](O)COP(=O)(O)OC[C@@H](COC(=O)CCCCCCCCCCCCCCC(C)C)OC(=O)CCCCCCCCCCCC(C)C. The third kappa shape index (κ3) is 66.0. The van der Waals surface area contributed by atoms with Gasteiger partial charge >= 0.3 is 39.5 Å². The summed E-state index contributed by atoms with van der Waals surface area (Å²) in [5.74, 6) is 0.0343. The van der Waals surface area contributed by atoms with Gasteiger partial charge in [-0.1, -0.05) is 285 Å². The second-order valence-corrected chi connectivity index (χ2v) is 29.6. The minimum absolute atomic E-state index is 0.0835. The number of hydrogen-bond donors (Lipinski definition) is 3. The van der Waals surface area contributed by atoms with Crippen LogP contribution >= 0.6 is 15.6 Å². The Hall–Kier alpha value is -2.46. The van der Waals surface area contributed by atoms with Crippen molar-refractivity contribution in [3.8, 4) is 0 Å². The van der Waals surface area contributed by atoms with Crippen LogP contribution in [0.4, 0.5) is 0 Å². The molecule has 0 aromatic heterocycles. The monoisotopic (exact) mass is 1330 g/mol. The predicted octanol–water partition coefficient (Wildman–Crippen LogP) is 20.2. The van der Waals surface area contributed by atoms with Crippen molar-refractivity contribution in [3.63, 3.8) is 0 Å². The van der Waals surface area contributed by atoms with E-state index in [2.05, 4.69) is 72.8 Å². The highest BCUT2D eigenvalue weighted by molar-refractivity contribution is 7.47. The number of rotatable bonds is 68. The molecule has 0 aromatic rings. The van der Waals surface area contributed by atoms with Crippen LogP contribution in [0.2, 0.25) is 0 Å². The number of allylic oxidation sites excluding steroid dienone is 4. The molecule has 536 valence electrons. The van der Waals surface area contributed by atoms with Crippen molar-refractivity contribution in [1.29, 1.82) is 0 Å². The molecule has 0 aromatic carbocycles. The van der Waals surface area contributed by atoms with Crippen LogP contribution in [0.3, 0.4) is 0 Å². The summed E-state index contributed by atoms with van der Waals surface area (Å²) in [5, 5.41) is 10.6. The zero-order valence-corrected chi connectivity index (χ0v) is 60.6. The van der Waals surface area contributed by atoms with E-state index in [9.17, 15) is 43.2 Å². The highest BCUT2D eigenvalue weighted by Crippen LogP contribution is 2.45. The highest BCUT2D eigenvalue weighted by atomic mass is 31.2. The van der Waals surface area contributed by atoms with E-state index in [-0.39, 0.29) is 25.7 Å². The molecule has 19 heteroatoms. The average Bonchev–Trinajstić information content (AvgIpc) is 2.12. The number of esters is 4. The molecule has 0 aliphatic rings. The number of aliphatic hydroxyl groups excluding tert-OH is 1. The van der Waals surface area contributed by atoms with E-state index in [0.29, 0.717) is 31.6 Å². The number of carbonyl (C=O) groups is 4. The number of carbonyl (C=O) groups excluding carboxylic acids is 4. The van der Waals surface area contributed by atoms with Gasteiger partial charge in [0.1, 0.15) is 19.3 Å². The van der Waals surface area contributed by atoms with E-state index in [4.69, 9.17) is 37.0 Å². The molecule has 0 saturated carbocycles. The number of hydrogen-bond acceptors (Lipinski definition) is 15. The summed E-state index contributed by atoms with van der Waals surface area (Å²) < 4.78 is 68.3. The average molecular weight is 1340 g/mol. The summed E-state index contributed by atoms with van der Waals surface area (Å²) >= 11 is 0. The van der Waals surface area contributed by atoms with Gasteiger partial charge in [-0.2, -0.15) is 0 Å². The quantitative estimate of drug-likeness (QED) is 0.0169. The lowest BCUT2D eigenvalue weighted by Gasteiger charge is -2.21. The second kappa shape index (κ2) is 62.4. The van der Waals surface area contributed by atoms with Gasteiger partial charge in [0.15, 0.2) is 12.2 Å². The Morgan fingerprint density at radius 2 is 0.593 bits per heavy atom. The third-order valence-electron chi connectivity index (χ3n) is 16.0. The van der Waals surface area contributed by atoms with Crippen LogP contribution in [-0.2, 0) is 65.4 Å². The van der Waals surface area contributed by atoms with Gasteiger partial charge in [-0.15, -0.1) is 0 Å². The zero-order chi connectivity index (χ0) is 67.3. The minimum atomic E-state index is -4.96. The van der Waals surface area contributed by atoms with E-state index in [1.54, 1.807) is 0 Å². The van der Waals surface area contributed by atoms with Crippen molar-refractivity contribution < 1.29 is 80.2 Å². The number of aliphatic hydroxyl groups is 1. The van der Waals surface area contributed by atoms with Crippen LogP contribution in [0.1, 0.15) is 337 Å². The topological polar surface area (TPSA) is 237 Å². The van der Waals surface area contributed by atoms with Crippen molar-refractivity contribution >= 4 is 39.5 Å². The summed E-state index contributed by atoms with van der Waals surface area (Å²) in [6.07, 6.45) is 49.5. The summed E-state index contributed by atoms with van der Waals surface area (Å²) in [5.41, 5.74) is 0. The number of phosphoric acid groups is 2. The first-order valence-electron chi connectivity index (χ1n) is 36.7. The van der Waals surface area contributed by atoms with Crippen LogP contribution in [0.15, 0.2) is 24.3 Å². The summed E-state index contributed by atoms with van der Waals surface area (Å²) in [6, 6.07) is 0. The Bertz CT molecular complexity index is 1880. The number of unbranched alkanes of at least 4 members (excludes halogenated alkanes) is 33. The fourth-order valence-corrected chi connectivity index (χ4v) is 11.9. The van der Waals surface area contributed by atoms with Gasteiger partial charge in [0.05, 0.1) is 26.4 Å². The van der Waals surface area contributed by atoms with Crippen molar-refractivity contribution in [1.82, 2.24) is 0 Å². The van der Waals surface area contributed by atoms with Crippen LogP contribution in [-0.4, -0.2) is 96.7 Å². The summed E-state index contributed by atoms with van der Waals surface area (Å²) in [6.45, 7) is 11.7. The maximum Gasteiger partial charge on any atom is 0.472 e. The molecular formula is C72H136O17P2. The zero-order valence-electron chi connectivity index (χ0n) is 58.8. The van der Waals surface area contributed by atoms with Crippen LogP contribution < -0.4 is 0 Å². The van der Waals surface area contributed by atoms with Gasteiger partial charge in [-0.3, -0.25) is 37.3 Å². The van der Waals surface area contributed by atoms with E-state index in [1.807, 2.05) is 0 Å². The normalized spacial score (nSPS) is 14.3. The Labute approximate surface area is 554 Å². The lowest BCUT2D eigenvalue weighted by Crippen LogP contribution is -2.30. The molecule has 0 bridgehead atoms. The van der Waals surface area contributed by atoms with Crippen molar-refractivity contribution in [2.45, 2.75) is 356 Å². The van der Waals surface area contributed by atoms with Gasteiger partial charge in [0.2, 0.25) is 0 Å². The Morgan fingerprint density at radius 3 is 0.890 bits per heavy atom. The predicted molar refractivity (Wildman–Crippen MR) is 367 cm³/mol. The molecule has 0 fully saturated rings. The third-order valence-corrected chi connectivity index (χ3v) is 17.9. The molecule has 2 unspecified atom stereocenters. The smallest absolute Gasteiger partial charge is 0.462 e. The van der Waals surface area contributed by atoms with Crippen LogP contribution in [0.5, 0.6) is 0 Å². The van der Waals surface area contributed by atoms with Gasteiger partial charge in [0, 0.05) is 25.7 Å². The molecule has 0 spiro atoms. The lowest BCUT2D eigenvalue weighted by molar-refractivity contribution is -0.161. The first kappa shape index (κ1) is 88.5. The summed E-state index contributed by atoms with van der Waals surface area (Å²) in [7, 11) is -9.92. The molecule has 0 rings (SSSR count). The van der Waals surface area contributed by atoms with Crippen LogP contribution in [0, 0.1) is 17.8 Å². The molecule has 0 radical (unpaired) electrons. The fraction of sp³-hybridized carbons (Fsp3) is 0.889. The van der Waals surface area contributed by atoms with Crippen molar-refractivity contribution in [3.05, 3.63) is 24.3 Å². The Kier molecular flexibility index (Phi) is 60.7. The van der Waals surface area contributed by atoms with E-state index in [0.717, 1.165) is 121 Å². The second-order valence-electron chi connectivity index (χ2n) is 26.7. The van der Waals surface area contributed by atoms with Crippen molar-refractivity contribution in [2.24, 2.45) is 17.8 Å². The van der Waals surface area contributed by atoms with Crippen LogP contribution in [0.25, 0.3) is 0 Å². The van der Waals surface area contributed by atoms with Gasteiger partial charge in [0.25, 0.3) is 0 Å². The first-order valence-corrected chi connectivity index (χ1v) is 39.7. The molecule has 5 atom stereocenters. The van der Waals surface area contributed by atoms with Gasteiger partial charge < -0.3 is 33.8 Å². The molecule has 0 amide bonds. The van der Waals surface area contributed by atoms with E-state index < -0.39 is 97.5 Å². The Morgan fingerprint density at radius 1 is 0.341 bits per heavy atom. The highest BCUT2D eigenvalue weighted by Gasteiger charge is 2.30. The molecule has 91 heavy (non-hydrogen) atoms. The number of phosphoric ester groups is 2. The minimum Gasteiger partial charge on any atom is -0.462 e. The standard InChI is InChI=1S/C72H136O17P2/c1-8-9-10-11-12-13-14-15-16-17-22-27-32-41-48-55-71(76)89-68(60-83-70(75)54-47-40-35-34-38-45-52-65(6)7)62-87-91(80,81)85-58-66(73)57-84-90(78,79)86-61-67(88-72(77)56-49-42-33-28-23-25-30-37-44-51-64(4)5)59-82-69(74)53-46-39-31-26-21-19-18-20-24-29-36-43-50-63(2)3/h13-16,63-68,73H,8-12,17-62H2,1-7H3,(H,78,79)(H,80,81)/b14-13-,16-15-/t66-,67-,68-/m1/s1. The Balaban J connectivity index is 5.27. The van der Waals surface area contributed by atoms with Gasteiger partial charge in [-0.25, -0.2) is 9.13 Å². The summed E-state index contributed by atoms with van der Waals surface area (Å²) in [4.78, 5) is 72.6. The molecule has 0 saturated heterocycles. The molecule has 0 aliphatic heterocycles. The molecule has 0 aliphatic carbocycles. The lowest BCUT2D eigenvalue weighted by atomic mass is 10.0. The molecule has 3 N–H and O–H groups in total.